The summed E-state index contributed by atoms with van der Waals surface area (Å²) in [7, 11) is 0. The zero-order valence-corrected chi connectivity index (χ0v) is 18.6. The molecule has 2 aromatic carbocycles. The molecule has 32 heavy (non-hydrogen) atoms. The van der Waals surface area contributed by atoms with E-state index in [0.29, 0.717) is 23.8 Å². The van der Waals surface area contributed by atoms with Crippen LogP contribution in [0.3, 0.4) is 0 Å². The van der Waals surface area contributed by atoms with Crippen molar-refractivity contribution in [3.63, 3.8) is 0 Å². The highest BCUT2D eigenvalue weighted by atomic mass is 16.5. The Bertz CT molecular complexity index is 1220. The number of benzene rings is 2. The van der Waals surface area contributed by atoms with Crippen molar-refractivity contribution in [3.05, 3.63) is 92.8 Å². The molecule has 0 aliphatic heterocycles. The van der Waals surface area contributed by atoms with Crippen LogP contribution < -0.4 is 10.3 Å². The number of ether oxygens (including phenoxy) is 1. The van der Waals surface area contributed by atoms with Gasteiger partial charge in [0.25, 0.3) is 5.56 Å². The van der Waals surface area contributed by atoms with E-state index < -0.39 is 23.3 Å². The van der Waals surface area contributed by atoms with Crippen molar-refractivity contribution in [3.8, 4) is 17.7 Å². The number of carbonyl (C=O) groups excluding carboxylic acids is 1. The molecule has 0 radical (unpaired) electrons. The van der Waals surface area contributed by atoms with Gasteiger partial charge in [0.1, 0.15) is 17.4 Å². The number of rotatable bonds is 7. The number of hydrogen-bond donors (Lipinski definition) is 1. The molecule has 0 aliphatic carbocycles. The van der Waals surface area contributed by atoms with E-state index >= 15 is 0 Å². The molecular formula is C26H26N2O4. The largest absolute Gasteiger partial charge is 0.494 e. The molecule has 0 fully saturated rings. The molecule has 0 saturated heterocycles. The number of pyridine rings is 1. The fourth-order valence-electron chi connectivity index (χ4n) is 3.54. The van der Waals surface area contributed by atoms with Gasteiger partial charge in [0, 0.05) is 5.56 Å². The minimum Gasteiger partial charge on any atom is -0.494 e. The van der Waals surface area contributed by atoms with E-state index in [2.05, 4.69) is 0 Å². The van der Waals surface area contributed by atoms with Crippen molar-refractivity contribution in [1.29, 1.82) is 5.26 Å². The van der Waals surface area contributed by atoms with Crippen molar-refractivity contribution in [2.45, 2.75) is 33.7 Å². The molecule has 0 amide bonds. The Morgan fingerprint density at radius 3 is 2.28 bits per heavy atom. The number of hydrogen-bond acceptors (Lipinski definition) is 5. The Balaban J connectivity index is 2.09. The van der Waals surface area contributed by atoms with Gasteiger partial charge in [-0.1, -0.05) is 44.2 Å². The summed E-state index contributed by atoms with van der Waals surface area (Å²) in [6, 6.07) is 17.1. The zero-order chi connectivity index (χ0) is 23.4. The number of carbonyl (C=O) groups is 1. The molecule has 0 saturated carbocycles. The van der Waals surface area contributed by atoms with Gasteiger partial charge in [0.2, 0.25) is 5.88 Å². The second-order valence-corrected chi connectivity index (χ2v) is 8.13. The molecular weight excluding hydrogens is 404 g/mol. The van der Waals surface area contributed by atoms with E-state index in [9.17, 15) is 20.0 Å². The third-order valence-corrected chi connectivity index (χ3v) is 5.34. The van der Waals surface area contributed by atoms with Crippen LogP contribution in [0.2, 0.25) is 0 Å². The van der Waals surface area contributed by atoms with Crippen LogP contribution in [0.25, 0.3) is 0 Å². The normalized spacial score (nSPS) is 11.8. The van der Waals surface area contributed by atoms with E-state index in [0.717, 1.165) is 10.1 Å². The number of aromatic hydroxyl groups is 1. The number of aromatic nitrogens is 1. The lowest BCUT2D eigenvalue weighted by Gasteiger charge is -2.21. The average Bonchev–Trinajstić information content (AvgIpc) is 2.78. The van der Waals surface area contributed by atoms with Crippen LogP contribution in [0.15, 0.2) is 59.4 Å². The Morgan fingerprint density at radius 1 is 1.09 bits per heavy atom. The number of nitrogens with zero attached hydrogens (tertiary/aromatic N) is 2. The second kappa shape index (κ2) is 9.52. The number of nitriles is 1. The van der Waals surface area contributed by atoms with E-state index in [1.165, 1.54) is 6.92 Å². The standard InChI is InChI=1S/C26H26N2O4/c1-16(2)15-32-21-12-10-20(11-13-21)24(29)23-17(3)22(14-27)25(30)28(26(23)31)18(4)19-8-6-5-7-9-19/h5-13,16,18,31H,15H2,1-4H3. The minimum atomic E-state index is -0.632. The quantitative estimate of drug-likeness (QED) is 0.553. The van der Waals surface area contributed by atoms with Crippen LogP contribution in [0.5, 0.6) is 11.6 Å². The van der Waals surface area contributed by atoms with Gasteiger partial charge in [0.05, 0.1) is 18.2 Å². The van der Waals surface area contributed by atoms with E-state index in [4.69, 9.17) is 4.74 Å². The summed E-state index contributed by atoms with van der Waals surface area (Å²) < 4.78 is 6.76. The third-order valence-electron chi connectivity index (χ3n) is 5.34. The Kier molecular flexibility index (Phi) is 6.79. The fourth-order valence-corrected chi connectivity index (χ4v) is 3.54. The molecule has 3 aromatic rings. The van der Waals surface area contributed by atoms with Crippen molar-refractivity contribution in [2.24, 2.45) is 5.92 Å². The van der Waals surface area contributed by atoms with Crippen LogP contribution >= 0.6 is 0 Å². The van der Waals surface area contributed by atoms with Gasteiger partial charge >= 0.3 is 0 Å². The van der Waals surface area contributed by atoms with Gasteiger partial charge in [-0.3, -0.25) is 14.2 Å². The van der Waals surface area contributed by atoms with Gasteiger partial charge in [-0.2, -0.15) is 5.26 Å². The zero-order valence-electron chi connectivity index (χ0n) is 18.6. The summed E-state index contributed by atoms with van der Waals surface area (Å²) in [5.74, 6) is 0.0819. The summed E-state index contributed by atoms with van der Waals surface area (Å²) in [6.45, 7) is 7.89. The van der Waals surface area contributed by atoms with Gasteiger partial charge in [0.15, 0.2) is 5.78 Å². The van der Waals surface area contributed by atoms with Gasteiger partial charge in [-0.25, -0.2) is 0 Å². The number of ketones is 1. The van der Waals surface area contributed by atoms with Gasteiger partial charge in [-0.05, 0) is 55.2 Å². The average molecular weight is 431 g/mol. The van der Waals surface area contributed by atoms with Crippen molar-refractivity contribution in [2.75, 3.05) is 6.61 Å². The molecule has 1 aromatic heterocycles. The summed E-state index contributed by atoms with van der Waals surface area (Å²) in [4.78, 5) is 26.3. The Hall–Kier alpha value is -3.85. The van der Waals surface area contributed by atoms with Gasteiger partial charge < -0.3 is 9.84 Å². The molecule has 6 nitrogen and oxygen atoms in total. The molecule has 1 N–H and O–H groups in total. The first kappa shape index (κ1) is 22.8. The van der Waals surface area contributed by atoms with Crippen molar-refractivity contribution < 1.29 is 14.6 Å². The summed E-state index contributed by atoms with van der Waals surface area (Å²) >= 11 is 0. The SMILES string of the molecule is Cc1c(C(=O)c2ccc(OCC(C)C)cc2)c(O)n(C(C)c2ccccc2)c(=O)c1C#N. The molecule has 1 unspecified atom stereocenters. The maximum atomic E-state index is 13.3. The highest BCUT2D eigenvalue weighted by molar-refractivity contribution is 6.11. The monoisotopic (exact) mass is 430 g/mol. The molecule has 164 valence electrons. The lowest BCUT2D eigenvalue weighted by atomic mass is 9.96. The maximum absolute atomic E-state index is 13.3. The Labute approximate surface area is 187 Å². The second-order valence-electron chi connectivity index (χ2n) is 8.13. The van der Waals surface area contributed by atoms with Crippen LogP contribution in [-0.2, 0) is 0 Å². The van der Waals surface area contributed by atoms with E-state index in [-0.39, 0.29) is 16.7 Å². The highest BCUT2D eigenvalue weighted by Gasteiger charge is 2.27. The topological polar surface area (TPSA) is 92.3 Å². The molecule has 6 heteroatoms. The first-order chi connectivity index (χ1) is 15.3. The third kappa shape index (κ3) is 4.42. The molecule has 0 spiro atoms. The highest BCUT2D eigenvalue weighted by Crippen LogP contribution is 2.30. The summed E-state index contributed by atoms with van der Waals surface area (Å²) in [6.07, 6.45) is 0. The molecule has 3 rings (SSSR count). The summed E-state index contributed by atoms with van der Waals surface area (Å²) in [5.41, 5.74) is 0.402. The molecule has 1 atom stereocenters. The van der Waals surface area contributed by atoms with E-state index in [1.807, 2.05) is 50.2 Å². The van der Waals surface area contributed by atoms with Gasteiger partial charge in [-0.15, -0.1) is 0 Å². The first-order valence-electron chi connectivity index (χ1n) is 10.5. The van der Waals surface area contributed by atoms with Crippen LogP contribution in [0, 0.1) is 24.2 Å². The Morgan fingerprint density at radius 2 is 1.72 bits per heavy atom. The van der Waals surface area contributed by atoms with Crippen molar-refractivity contribution in [1.82, 2.24) is 4.57 Å². The lowest BCUT2D eigenvalue weighted by molar-refractivity contribution is 0.103. The van der Waals surface area contributed by atoms with Crippen molar-refractivity contribution >= 4 is 5.78 Å². The lowest BCUT2D eigenvalue weighted by Crippen LogP contribution is -2.29. The molecule has 0 bridgehead atoms. The minimum absolute atomic E-state index is 0.0558. The van der Waals surface area contributed by atoms with E-state index in [1.54, 1.807) is 31.2 Å². The van der Waals surface area contributed by atoms with Crippen LogP contribution in [0.4, 0.5) is 0 Å². The molecule has 0 aliphatic rings. The summed E-state index contributed by atoms with van der Waals surface area (Å²) in [5, 5.41) is 20.7. The van der Waals surface area contributed by atoms with Crippen LogP contribution in [-0.4, -0.2) is 22.1 Å². The maximum Gasteiger partial charge on any atom is 0.272 e. The fraction of sp³-hybridized carbons (Fsp3) is 0.269. The predicted molar refractivity (Wildman–Crippen MR) is 122 cm³/mol. The molecule has 1 heterocycles. The smallest absolute Gasteiger partial charge is 0.272 e. The van der Waals surface area contributed by atoms with Crippen LogP contribution in [0.1, 0.15) is 59.4 Å². The predicted octanol–water partition coefficient (Wildman–Crippen LogP) is 4.61. The first-order valence-corrected chi connectivity index (χ1v) is 10.5.